The van der Waals surface area contributed by atoms with Crippen LogP contribution in [0.25, 0.3) is 0 Å². The molecule has 28 heavy (non-hydrogen) atoms. The third-order valence-corrected chi connectivity index (χ3v) is 4.95. The number of esters is 1. The fraction of sp³-hybridized carbons (Fsp3) is 0.412. The van der Waals surface area contributed by atoms with Crippen molar-refractivity contribution >= 4 is 46.9 Å². The van der Waals surface area contributed by atoms with Crippen molar-refractivity contribution in [2.45, 2.75) is 31.5 Å². The van der Waals surface area contributed by atoms with Gasteiger partial charge in [0.05, 0.1) is 24.5 Å². The molecule has 0 aliphatic heterocycles. The summed E-state index contributed by atoms with van der Waals surface area (Å²) in [5, 5.41) is 11.3. The van der Waals surface area contributed by atoms with E-state index in [1.807, 2.05) is 6.92 Å². The Bertz CT molecular complexity index is 845. The van der Waals surface area contributed by atoms with E-state index in [2.05, 4.69) is 15.5 Å². The molecule has 2 rings (SSSR count). The number of thioether (sulfide) groups is 1. The van der Waals surface area contributed by atoms with Crippen LogP contribution in [0.3, 0.4) is 0 Å². The number of methoxy groups -OCH3 is 1. The summed E-state index contributed by atoms with van der Waals surface area (Å²) in [6.45, 7) is 3.86. The fourth-order valence-electron chi connectivity index (χ4n) is 2.46. The second-order valence-electron chi connectivity index (χ2n) is 5.57. The standard InChI is InChI=1S/C17H22ClN5O4S/c1-4-12(15(25)20-10-6-7-13(26-3)11(18)8-10)23-16(19)21-22-17(23)28-9-14(24)27-5-2/h6-8,12H,4-5,9H2,1-3H3,(H2,19,21)(H,20,25). The second kappa shape index (κ2) is 10.2. The molecule has 2 aromatic rings. The topological polar surface area (TPSA) is 121 Å². The van der Waals surface area contributed by atoms with Gasteiger partial charge in [-0.1, -0.05) is 30.3 Å². The molecule has 0 fully saturated rings. The van der Waals surface area contributed by atoms with Crippen LogP contribution < -0.4 is 15.8 Å². The lowest BCUT2D eigenvalue weighted by Gasteiger charge is -2.19. The van der Waals surface area contributed by atoms with Gasteiger partial charge in [0.1, 0.15) is 11.8 Å². The summed E-state index contributed by atoms with van der Waals surface area (Å²) in [4.78, 5) is 24.4. The number of nitrogens with two attached hydrogens (primary N) is 1. The van der Waals surface area contributed by atoms with E-state index in [1.165, 1.54) is 11.7 Å². The zero-order chi connectivity index (χ0) is 20.7. The quantitative estimate of drug-likeness (QED) is 0.462. The molecule has 0 aliphatic carbocycles. The Labute approximate surface area is 171 Å². The number of rotatable bonds is 9. The molecular formula is C17H22ClN5O4S. The lowest BCUT2D eigenvalue weighted by atomic mass is 10.2. The summed E-state index contributed by atoms with van der Waals surface area (Å²) in [5.41, 5.74) is 6.43. The van der Waals surface area contributed by atoms with Gasteiger partial charge in [-0.25, -0.2) is 0 Å². The Morgan fingerprint density at radius 2 is 2.11 bits per heavy atom. The molecule has 1 atom stereocenters. The molecule has 3 N–H and O–H groups in total. The largest absolute Gasteiger partial charge is 0.495 e. The molecule has 1 unspecified atom stereocenters. The van der Waals surface area contributed by atoms with Gasteiger partial charge in [-0.05, 0) is 31.5 Å². The van der Waals surface area contributed by atoms with Crippen LogP contribution in [0, 0.1) is 0 Å². The smallest absolute Gasteiger partial charge is 0.316 e. The Hall–Kier alpha value is -2.46. The normalized spacial score (nSPS) is 11.7. The Balaban J connectivity index is 2.17. The molecule has 152 valence electrons. The predicted octanol–water partition coefficient (Wildman–Crippen LogP) is 2.77. The van der Waals surface area contributed by atoms with Gasteiger partial charge in [-0.2, -0.15) is 0 Å². The van der Waals surface area contributed by atoms with E-state index in [1.54, 1.807) is 25.1 Å². The van der Waals surface area contributed by atoms with Crippen LogP contribution in [0.2, 0.25) is 5.02 Å². The van der Waals surface area contributed by atoms with Crippen LogP contribution in [0.5, 0.6) is 5.75 Å². The second-order valence-corrected chi connectivity index (χ2v) is 6.92. The SMILES string of the molecule is CCOC(=O)CSc1nnc(N)n1C(CC)C(=O)Nc1ccc(OC)c(Cl)c1. The van der Waals surface area contributed by atoms with Gasteiger partial charge in [0.2, 0.25) is 11.9 Å². The first-order chi connectivity index (χ1) is 13.4. The number of hydrogen-bond donors (Lipinski definition) is 2. The highest BCUT2D eigenvalue weighted by Gasteiger charge is 2.25. The van der Waals surface area contributed by atoms with Crippen LogP contribution in [0.1, 0.15) is 26.3 Å². The van der Waals surface area contributed by atoms with Gasteiger partial charge < -0.3 is 20.5 Å². The van der Waals surface area contributed by atoms with Gasteiger partial charge in [-0.15, -0.1) is 10.2 Å². The van der Waals surface area contributed by atoms with Crippen molar-refractivity contribution in [1.29, 1.82) is 0 Å². The Morgan fingerprint density at radius 1 is 1.36 bits per heavy atom. The van der Waals surface area contributed by atoms with Crippen LogP contribution in [-0.2, 0) is 14.3 Å². The van der Waals surface area contributed by atoms with E-state index in [0.717, 1.165) is 11.8 Å². The van der Waals surface area contributed by atoms with Gasteiger partial charge in [-0.3, -0.25) is 14.2 Å². The zero-order valence-electron chi connectivity index (χ0n) is 15.8. The number of nitrogens with zero attached hydrogens (tertiary/aromatic N) is 3. The number of carbonyl (C=O) groups excluding carboxylic acids is 2. The summed E-state index contributed by atoms with van der Waals surface area (Å²) < 4.78 is 11.5. The number of nitrogen functional groups attached to an aromatic ring is 1. The highest BCUT2D eigenvalue weighted by atomic mass is 35.5. The summed E-state index contributed by atoms with van der Waals surface area (Å²) in [7, 11) is 1.51. The van der Waals surface area contributed by atoms with Crippen LogP contribution in [0.15, 0.2) is 23.4 Å². The summed E-state index contributed by atoms with van der Waals surface area (Å²) >= 11 is 7.21. The number of ether oxygens (including phenoxy) is 2. The first-order valence-corrected chi connectivity index (χ1v) is 9.90. The minimum Gasteiger partial charge on any atom is -0.495 e. The molecule has 1 aromatic carbocycles. The molecule has 0 radical (unpaired) electrons. The first-order valence-electron chi connectivity index (χ1n) is 8.54. The first kappa shape index (κ1) is 21.8. The van der Waals surface area contributed by atoms with E-state index in [9.17, 15) is 9.59 Å². The number of halogens is 1. The van der Waals surface area contributed by atoms with E-state index in [0.29, 0.717) is 34.6 Å². The molecule has 0 bridgehead atoms. The van der Waals surface area contributed by atoms with E-state index < -0.39 is 6.04 Å². The van der Waals surface area contributed by atoms with Crippen molar-refractivity contribution in [1.82, 2.24) is 14.8 Å². The lowest BCUT2D eigenvalue weighted by Crippen LogP contribution is -2.27. The average Bonchev–Trinajstić information content (AvgIpc) is 3.02. The summed E-state index contributed by atoms with van der Waals surface area (Å²) in [6, 6.07) is 4.27. The maximum atomic E-state index is 12.8. The Morgan fingerprint density at radius 3 is 2.71 bits per heavy atom. The van der Waals surface area contributed by atoms with Crippen molar-refractivity contribution in [2.75, 3.05) is 30.5 Å². The lowest BCUT2D eigenvalue weighted by molar-refractivity contribution is -0.139. The van der Waals surface area contributed by atoms with Crippen LogP contribution in [-0.4, -0.2) is 46.1 Å². The van der Waals surface area contributed by atoms with E-state index in [4.69, 9.17) is 26.8 Å². The molecule has 1 heterocycles. The third-order valence-electron chi connectivity index (χ3n) is 3.74. The molecule has 11 heteroatoms. The van der Waals surface area contributed by atoms with Crippen molar-refractivity contribution in [2.24, 2.45) is 0 Å². The van der Waals surface area contributed by atoms with Crippen molar-refractivity contribution < 1.29 is 19.1 Å². The average molecular weight is 428 g/mol. The highest BCUT2D eigenvalue weighted by molar-refractivity contribution is 7.99. The summed E-state index contributed by atoms with van der Waals surface area (Å²) in [6.07, 6.45) is 0.435. The predicted molar refractivity (Wildman–Crippen MR) is 108 cm³/mol. The molecule has 0 saturated carbocycles. The third kappa shape index (κ3) is 5.29. The number of aromatic nitrogens is 3. The maximum absolute atomic E-state index is 12.8. The fourth-order valence-corrected chi connectivity index (χ4v) is 3.51. The van der Waals surface area contributed by atoms with Gasteiger partial charge in [0, 0.05) is 5.69 Å². The number of amides is 1. The van der Waals surface area contributed by atoms with Crippen molar-refractivity contribution in [3.63, 3.8) is 0 Å². The molecule has 0 spiro atoms. The van der Waals surface area contributed by atoms with Crippen LogP contribution >= 0.6 is 23.4 Å². The zero-order valence-corrected chi connectivity index (χ0v) is 17.3. The number of anilines is 2. The number of hydrogen-bond acceptors (Lipinski definition) is 8. The molecule has 0 aliphatic rings. The number of nitrogens with one attached hydrogen (secondary N) is 1. The molecule has 1 aromatic heterocycles. The van der Waals surface area contributed by atoms with Crippen LogP contribution in [0.4, 0.5) is 11.6 Å². The molecule has 0 saturated heterocycles. The number of carbonyl (C=O) groups is 2. The Kier molecular flexibility index (Phi) is 7.94. The minimum absolute atomic E-state index is 0.0398. The van der Waals surface area contributed by atoms with Gasteiger partial charge >= 0.3 is 5.97 Å². The van der Waals surface area contributed by atoms with E-state index >= 15 is 0 Å². The summed E-state index contributed by atoms with van der Waals surface area (Å²) in [5.74, 6) is -0.0641. The molecule has 1 amide bonds. The highest BCUT2D eigenvalue weighted by Crippen LogP contribution is 2.29. The molecular weight excluding hydrogens is 406 g/mol. The van der Waals surface area contributed by atoms with Crippen molar-refractivity contribution in [3.8, 4) is 5.75 Å². The van der Waals surface area contributed by atoms with Gasteiger partial charge in [0.25, 0.3) is 0 Å². The van der Waals surface area contributed by atoms with E-state index in [-0.39, 0.29) is 23.6 Å². The van der Waals surface area contributed by atoms with Gasteiger partial charge in [0.15, 0.2) is 5.16 Å². The minimum atomic E-state index is -0.666. The van der Waals surface area contributed by atoms with Crippen molar-refractivity contribution in [3.05, 3.63) is 23.2 Å². The molecule has 9 nitrogen and oxygen atoms in total. The maximum Gasteiger partial charge on any atom is 0.316 e. The monoisotopic (exact) mass is 427 g/mol. The number of benzene rings is 1.